The van der Waals surface area contributed by atoms with E-state index < -0.39 is 13.9 Å². The Morgan fingerprint density at radius 2 is 0.936 bits per heavy atom. The van der Waals surface area contributed by atoms with Crippen LogP contribution in [0.1, 0.15) is 200 Å². The summed E-state index contributed by atoms with van der Waals surface area (Å²) in [5.74, 6) is -0.331. The second kappa shape index (κ2) is 36.8. The Kier molecular flexibility index (Phi) is 36.4. The van der Waals surface area contributed by atoms with Crippen LogP contribution in [0.15, 0.2) is 0 Å². The molecule has 0 aromatic carbocycles. The number of hydrogen-bond donors (Lipinski definition) is 2. The van der Waals surface area contributed by atoms with Gasteiger partial charge in [-0.1, -0.05) is 181 Å². The van der Waals surface area contributed by atoms with Gasteiger partial charge in [0.15, 0.2) is 0 Å². The molecule has 0 spiro atoms. The smallest absolute Gasteiger partial charge is 0.457 e. The predicted molar refractivity (Wildman–Crippen MR) is 197 cm³/mol. The fraction of sp³-hybridized carbons (Fsp3) is 0.974. The average molecular weight is 692 g/mol. The van der Waals surface area contributed by atoms with Gasteiger partial charge >= 0.3 is 13.8 Å². The largest absolute Gasteiger partial charge is 0.472 e. The molecule has 0 aromatic heterocycles. The topological polar surface area (TPSA) is 117 Å². The van der Waals surface area contributed by atoms with Crippen molar-refractivity contribution in [3.05, 3.63) is 0 Å². The number of carbonyl (C=O) groups excluding carboxylic acids is 1. The maximum absolute atomic E-state index is 12.4. The molecule has 8 nitrogen and oxygen atoms in total. The van der Waals surface area contributed by atoms with Gasteiger partial charge in [0, 0.05) is 19.6 Å². The Morgan fingerprint density at radius 3 is 1.34 bits per heavy atom. The van der Waals surface area contributed by atoms with E-state index >= 15 is 0 Å². The molecule has 0 rings (SSSR count). The van der Waals surface area contributed by atoms with Gasteiger partial charge in [-0.2, -0.15) is 0 Å². The van der Waals surface area contributed by atoms with Crippen molar-refractivity contribution in [1.29, 1.82) is 0 Å². The first kappa shape index (κ1) is 46.5. The molecule has 0 amide bonds. The Balaban J connectivity index is 3.88. The molecule has 2 unspecified atom stereocenters. The number of nitrogens with two attached hydrogens (primary N) is 1. The van der Waals surface area contributed by atoms with Gasteiger partial charge in [-0.15, -0.1) is 0 Å². The standard InChI is InChI=1S/C38H78NO7P/c1-3-5-7-9-11-13-14-15-16-17-18-19-20-21-22-23-24-26-28-30-33-43-35-37(36-45-47(41,42)44-34-32-39)46-38(40)31-29-27-25-12-10-8-6-4-2/h37H,3-36,39H2,1-2H3,(H,41,42). The highest BCUT2D eigenvalue weighted by Gasteiger charge is 2.25. The Bertz CT molecular complexity index is 697. The molecule has 9 heteroatoms. The van der Waals surface area contributed by atoms with Crippen LogP contribution in [0.5, 0.6) is 0 Å². The molecule has 2 atom stereocenters. The molecular formula is C38H78NO7P. The highest BCUT2D eigenvalue weighted by atomic mass is 31.2. The van der Waals surface area contributed by atoms with Gasteiger partial charge in [0.1, 0.15) is 6.10 Å². The van der Waals surface area contributed by atoms with Crippen LogP contribution in [0.3, 0.4) is 0 Å². The average Bonchev–Trinajstić information content (AvgIpc) is 3.06. The van der Waals surface area contributed by atoms with Crippen molar-refractivity contribution in [2.24, 2.45) is 5.73 Å². The van der Waals surface area contributed by atoms with E-state index in [4.69, 9.17) is 24.3 Å². The number of unbranched alkanes of at least 4 members (excludes halogenated alkanes) is 26. The molecule has 0 aliphatic rings. The maximum Gasteiger partial charge on any atom is 0.472 e. The molecule has 47 heavy (non-hydrogen) atoms. The van der Waals surface area contributed by atoms with Gasteiger partial charge < -0.3 is 20.1 Å². The summed E-state index contributed by atoms with van der Waals surface area (Å²) < 4.78 is 33.2. The lowest BCUT2D eigenvalue weighted by molar-refractivity contribution is -0.154. The zero-order chi connectivity index (χ0) is 34.5. The van der Waals surface area contributed by atoms with Crippen molar-refractivity contribution >= 4 is 13.8 Å². The first-order valence-corrected chi connectivity index (χ1v) is 21.5. The van der Waals surface area contributed by atoms with E-state index in [2.05, 4.69) is 13.8 Å². The van der Waals surface area contributed by atoms with Gasteiger partial charge in [0.25, 0.3) is 0 Å². The van der Waals surface area contributed by atoms with Crippen LogP contribution in [0.4, 0.5) is 0 Å². The summed E-state index contributed by atoms with van der Waals surface area (Å²) in [6.07, 6.45) is 35.6. The monoisotopic (exact) mass is 692 g/mol. The number of hydrogen-bond acceptors (Lipinski definition) is 7. The Labute approximate surface area is 291 Å². The van der Waals surface area contributed by atoms with E-state index in [-0.39, 0.29) is 32.3 Å². The third-order valence-electron chi connectivity index (χ3n) is 8.77. The summed E-state index contributed by atoms with van der Waals surface area (Å²) in [6.45, 7) is 4.93. The van der Waals surface area contributed by atoms with Gasteiger partial charge in [0.05, 0.1) is 19.8 Å². The summed E-state index contributed by atoms with van der Waals surface area (Å²) in [7, 11) is -4.26. The van der Waals surface area contributed by atoms with Gasteiger partial charge in [-0.3, -0.25) is 13.8 Å². The molecular weight excluding hydrogens is 613 g/mol. The third-order valence-corrected chi connectivity index (χ3v) is 9.76. The zero-order valence-electron chi connectivity index (χ0n) is 31.0. The van der Waals surface area contributed by atoms with Crippen LogP contribution in [0.2, 0.25) is 0 Å². The fourth-order valence-electron chi connectivity index (χ4n) is 5.82. The number of rotatable bonds is 39. The summed E-state index contributed by atoms with van der Waals surface area (Å²) in [6, 6.07) is 0. The molecule has 0 saturated heterocycles. The van der Waals surface area contributed by atoms with Crippen LogP contribution >= 0.6 is 7.82 Å². The lowest BCUT2D eigenvalue weighted by atomic mass is 10.0. The first-order valence-electron chi connectivity index (χ1n) is 20.0. The molecule has 0 saturated carbocycles. The normalized spacial score (nSPS) is 13.5. The molecule has 0 heterocycles. The third kappa shape index (κ3) is 36.6. The number of esters is 1. The van der Waals surface area contributed by atoms with E-state index in [1.54, 1.807) is 0 Å². The van der Waals surface area contributed by atoms with E-state index in [9.17, 15) is 14.3 Å². The highest BCUT2D eigenvalue weighted by Crippen LogP contribution is 2.43. The molecule has 282 valence electrons. The summed E-state index contributed by atoms with van der Waals surface area (Å²) >= 11 is 0. The van der Waals surface area contributed by atoms with Crippen LogP contribution < -0.4 is 5.73 Å². The maximum atomic E-state index is 12.4. The van der Waals surface area contributed by atoms with E-state index in [0.717, 1.165) is 32.1 Å². The van der Waals surface area contributed by atoms with Crippen LogP contribution in [-0.2, 0) is 27.9 Å². The van der Waals surface area contributed by atoms with Crippen LogP contribution in [0, 0.1) is 0 Å². The molecule has 3 N–H and O–H groups in total. The van der Waals surface area contributed by atoms with Crippen molar-refractivity contribution in [1.82, 2.24) is 0 Å². The van der Waals surface area contributed by atoms with Crippen LogP contribution in [-0.4, -0.2) is 49.9 Å². The van der Waals surface area contributed by atoms with Crippen molar-refractivity contribution in [2.75, 3.05) is 33.0 Å². The summed E-state index contributed by atoms with van der Waals surface area (Å²) in [5.41, 5.74) is 5.35. The summed E-state index contributed by atoms with van der Waals surface area (Å²) in [4.78, 5) is 22.3. The minimum atomic E-state index is -4.26. The van der Waals surface area contributed by atoms with Crippen molar-refractivity contribution in [2.45, 2.75) is 206 Å². The van der Waals surface area contributed by atoms with E-state index in [0.29, 0.717) is 13.0 Å². The minimum Gasteiger partial charge on any atom is -0.457 e. The number of phosphoric acid groups is 1. The Morgan fingerprint density at radius 1 is 0.553 bits per heavy atom. The summed E-state index contributed by atoms with van der Waals surface area (Å²) in [5, 5.41) is 0. The van der Waals surface area contributed by atoms with Crippen molar-refractivity contribution in [3.63, 3.8) is 0 Å². The molecule has 0 aliphatic carbocycles. The van der Waals surface area contributed by atoms with E-state index in [1.165, 1.54) is 148 Å². The SMILES string of the molecule is CCCCCCCCCCCCCCCCCCCCCCOCC(COP(=O)(O)OCCN)OC(=O)CCCCCCCCCC. The van der Waals surface area contributed by atoms with Crippen LogP contribution in [0.25, 0.3) is 0 Å². The quantitative estimate of drug-likeness (QED) is 0.0371. The lowest BCUT2D eigenvalue weighted by Gasteiger charge is -2.20. The molecule has 0 fully saturated rings. The van der Waals surface area contributed by atoms with Crippen molar-refractivity contribution in [3.8, 4) is 0 Å². The van der Waals surface area contributed by atoms with Gasteiger partial charge in [0.2, 0.25) is 0 Å². The molecule has 0 radical (unpaired) electrons. The number of carbonyl (C=O) groups is 1. The number of phosphoric ester groups is 1. The minimum absolute atomic E-state index is 0.0907. The van der Waals surface area contributed by atoms with Gasteiger partial charge in [-0.25, -0.2) is 4.57 Å². The molecule has 0 aliphatic heterocycles. The highest BCUT2D eigenvalue weighted by molar-refractivity contribution is 7.47. The Hall–Kier alpha value is -0.500. The number of ether oxygens (including phenoxy) is 2. The second-order valence-electron chi connectivity index (χ2n) is 13.5. The predicted octanol–water partition coefficient (Wildman–Crippen LogP) is 11.4. The molecule has 0 aromatic rings. The fourth-order valence-corrected chi connectivity index (χ4v) is 6.59. The second-order valence-corrected chi connectivity index (χ2v) is 15.0. The van der Waals surface area contributed by atoms with Gasteiger partial charge in [-0.05, 0) is 12.8 Å². The lowest BCUT2D eigenvalue weighted by Crippen LogP contribution is -2.28. The van der Waals surface area contributed by atoms with Crippen molar-refractivity contribution < 1.29 is 32.8 Å². The zero-order valence-corrected chi connectivity index (χ0v) is 31.9. The molecule has 0 bridgehead atoms. The van der Waals surface area contributed by atoms with E-state index in [1.807, 2.05) is 0 Å². The first-order chi connectivity index (χ1) is 22.9.